The molecule has 0 saturated heterocycles. The Labute approximate surface area is 115 Å². The van der Waals surface area contributed by atoms with Crippen molar-refractivity contribution < 1.29 is 14.2 Å². The van der Waals surface area contributed by atoms with E-state index >= 15 is 0 Å². The van der Waals surface area contributed by atoms with Crippen LogP contribution in [0, 0.1) is 0 Å². The van der Waals surface area contributed by atoms with Gasteiger partial charge in [-0.25, -0.2) is 0 Å². The van der Waals surface area contributed by atoms with Gasteiger partial charge in [-0.1, -0.05) is 19.8 Å². The Kier molecular flexibility index (Phi) is 6.45. The van der Waals surface area contributed by atoms with Crippen LogP contribution in [-0.2, 0) is 0 Å². The molecule has 5 nitrogen and oxygen atoms in total. The monoisotopic (exact) mass is 268 g/mol. The number of benzene rings is 1. The average molecular weight is 268 g/mol. The van der Waals surface area contributed by atoms with E-state index in [4.69, 9.17) is 20.1 Å². The molecule has 0 aliphatic rings. The lowest BCUT2D eigenvalue weighted by Gasteiger charge is -2.19. The van der Waals surface area contributed by atoms with Crippen molar-refractivity contribution in [2.45, 2.75) is 32.2 Å². The summed E-state index contributed by atoms with van der Waals surface area (Å²) in [4.78, 5) is 0. The van der Waals surface area contributed by atoms with Crippen molar-refractivity contribution in [3.8, 4) is 17.2 Å². The largest absolute Gasteiger partial charge is 0.493 e. The summed E-state index contributed by atoms with van der Waals surface area (Å²) >= 11 is 0. The summed E-state index contributed by atoms with van der Waals surface area (Å²) in [6.45, 7) is 2.16. The molecule has 1 aromatic rings. The normalized spacial score (nSPS) is 12.1. The third-order valence-electron chi connectivity index (χ3n) is 3.14. The SMILES string of the molecule is CCCCC(NN)c1cc(OC)c(OC)c(OC)c1. The van der Waals surface area contributed by atoms with Gasteiger partial charge in [0.2, 0.25) is 5.75 Å². The number of unbranched alkanes of at least 4 members (excludes halogenated alkanes) is 1. The van der Waals surface area contributed by atoms with Crippen molar-refractivity contribution in [1.82, 2.24) is 5.43 Å². The minimum absolute atomic E-state index is 0.0775. The molecule has 0 heterocycles. The van der Waals surface area contributed by atoms with E-state index < -0.39 is 0 Å². The highest BCUT2D eigenvalue weighted by Crippen LogP contribution is 2.40. The number of nitrogens with one attached hydrogen (secondary N) is 1. The predicted octanol–water partition coefficient (Wildman–Crippen LogP) is 2.41. The second kappa shape index (κ2) is 7.86. The van der Waals surface area contributed by atoms with Crippen molar-refractivity contribution in [2.75, 3.05) is 21.3 Å². The number of hydrogen-bond donors (Lipinski definition) is 2. The van der Waals surface area contributed by atoms with Crippen molar-refractivity contribution in [2.24, 2.45) is 5.84 Å². The van der Waals surface area contributed by atoms with Gasteiger partial charge in [-0.15, -0.1) is 0 Å². The first-order valence-corrected chi connectivity index (χ1v) is 6.47. The molecule has 1 unspecified atom stereocenters. The fourth-order valence-corrected chi connectivity index (χ4v) is 2.06. The lowest BCUT2D eigenvalue weighted by molar-refractivity contribution is 0.322. The minimum atomic E-state index is 0.0775. The van der Waals surface area contributed by atoms with Crippen LogP contribution in [0.2, 0.25) is 0 Å². The zero-order valence-electron chi connectivity index (χ0n) is 12.2. The number of methoxy groups -OCH3 is 3. The van der Waals surface area contributed by atoms with Crippen LogP contribution in [0.4, 0.5) is 0 Å². The van der Waals surface area contributed by atoms with E-state index in [0.717, 1.165) is 24.8 Å². The molecule has 5 heteroatoms. The van der Waals surface area contributed by atoms with Gasteiger partial charge in [0, 0.05) is 6.04 Å². The van der Waals surface area contributed by atoms with Gasteiger partial charge in [0.05, 0.1) is 21.3 Å². The maximum Gasteiger partial charge on any atom is 0.203 e. The highest BCUT2D eigenvalue weighted by atomic mass is 16.5. The number of nitrogens with two attached hydrogens (primary N) is 1. The lowest BCUT2D eigenvalue weighted by Crippen LogP contribution is -2.28. The standard InChI is InChI=1S/C14H24N2O3/c1-5-6-7-11(16-15)10-8-12(17-2)14(19-4)13(9-10)18-3/h8-9,11,16H,5-7,15H2,1-4H3. The average Bonchev–Trinajstić information content (AvgIpc) is 2.46. The van der Waals surface area contributed by atoms with E-state index in [0.29, 0.717) is 17.2 Å². The van der Waals surface area contributed by atoms with E-state index in [9.17, 15) is 0 Å². The smallest absolute Gasteiger partial charge is 0.203 e. The second-order valence-corrected chi connectivity index (χ2v) is 4.32. The maximum atomic E-state index is 5.64. The summed E-state index contributed by atoms with van der Waals surface area (Å²) in [6.07, 6.45) is 3.19. The van der Waals surface area contributed by atoms with Crippen molar-refractivity contribution in [3.63, 3.8) is 0 Å². The van der Waals surface area contributed by atoms with Crippen molar-refractivity contribution >= 4 is 0 Å². The third kappa shape index (κ3) is 3.75. The summed E-state index contributed by atoms with van der Waals surface area (Å²) in [7, 11) is 4.81. The van der Waals surface area contributed by atoms with Crippen LogP contribution < -0.4 is 25.5 Å². The van der Waals surface area contributed by atoms with E-state index in [-0.39, 0.29) is 6.04 Å². The van der Waals surface area contributed by atoms with Crippen LogP contribution in [-0.4, -0.2) is 21.3 Å². The van der Waals surface area contributed by atoms with Gasteiger partial charge < -0.3 is 14.2 Å². The topological polar surface area (TPSA) is 65.7 Å². The molecular weight excluding hydrogens is 244 g/mol. The summed E-state index contributed by atoms with van der Waals surface area (Å²) in [6, 6.07) is 3.94. The Morgan fingerprint density at radius 2 is 1.68 bits per heavy atom. The summed E-state index contributed by atoms with van der Waals surface area (Å²) in [5.41, 5.74) is 3.87. The van der Waals surface area contributed by atoms with Gasteiger partial charge in [0.1, 0.15) is 0 Å². The van der Waals surface area contributed by atoms with E-state index in [1.54, 1.807) is 21.3 Å². The molecule has 0 fully saturated rings. The number of ether oxygens (including phenoxy) is 3. The molecule has 0 aliphatic carbocycles. The fraction of sp³-hybridized carbons (Fsp3) is 0.571. The molecule has 0 aliphatic heterocycles. The molecule has 0 spiro atoms. The maximum absolute atomic E-state index is 5.64. The zero-order chi connectivity index (χ0) is 14.3. The summed E-state index contributed by atoms with van der Waals surface area (Å²) in [5, 5.41) is 0. The molecule has 0 saturated carbocycles. The van der Waals surface area contributed by atoms with Crippen molar-refractivity contribution in [1.29, 1.82) is 0 Å². The molecule has 19 heavy (non-hydrogen) atoms. The Morgan fingerprint density at radius 3 is 2.05 bits per heavy atom. The number of rotatable bonds is 8. The van der Waals surface area contributed by atoms with Gasteiger partial charge in [0.15, 0.2) is 11.5 Å². The highest BCUT2D eigenvalue weighted by Gasteiger charge is 2.17. The van der Waals surface area contributed by atoms with E-state index in [1.807, 2.05) is 12.1 Å². The molecule has 0 amide bonds. The fourth-order valence-electron chi connectivity index (χ4n) is 2.06. The number of hydrogen-bond acceptors (Lipinski definition) is 5. The van der Waals surface area contributed by atoms with Crippen LogP contribution in [0.25, 0.3) is 0 Å². The first kappa shape index (κ1) is 15.6. The van der Waals surface area contributed by atoms with E-state index in [1.165, 1.54) is 0 Å². The van der Waals surface area contributed by atoms with Crippen LogP contribution >= 0.6 is 0 Å². The second-order valence-electron chi connectivity index (χ2n) is 4.32. The van der Waals surface area contributed by atoms with Crippen LogP contribution in [0.1, 0.15) is 37.8 Å². The molecule has 0 radical (unpaired) electrons. The summed E-state index contributed by atoms with van der Waals surface area (Å²) < 4.78 is 16.0. The van der Waals surface area contributed by atoms with Gasteiger partial charge in [0.25, 0.3) is 0 Å². The Hall–Kier alpha value is -1.46. The third-order valence-corrected chi connectivity index (χ3v) is 3.14. The van der Waals surface area contributed by atoms with Crippen LogP contribution in [0.5, 0.6) is 17.2 Å². The predicted molar refractivity (Wildman–Crippen MR) is 75.7 cm³/mol. The lowest BCUT2D eigenvalue weighted by atomic mass is 10.0. The molecule has 108 valence electrons. The Morgan fingerprint density at radius 1 is 1.11 bits per heavy atom. The van der Waals surface area contributed by atoms with Gasteiger partial charge >= 0.3 is 0 Å². The molecule has 0 bridgehead atoms. The molecule has 1 rings (SSSR count). The molecule has 1 atom stereocenters. The summed E-state index contributed by atoms with van der Waals surface area (Å²) in [5.74, 6) is 7.53. The van der Waals surface area contributed by atoms with Crippen LogP contribution in [0.3, 0.4) is 0 Å². The van der Waals surface area contributed by atoms with Gasteiger partial charge in [-0.05, 0) is 24.1 Å². The molecule has 1 aromatic carbocycles. The first-order chi connectivity index (χ1) is 9.21. The minimum Gasteiger partial charge on any atom is -0.493 e. The van der Waals surface area contributed by atoms with Crippen molar-refractivity contribution in [3.05, 3.63) is 17.7 Å². The Bertz CT molecular complexity index is 371. The molecule has 3 N–H and O–H groups in total. The van der Waals surface area contributed by atoms with Gasteiger partial charge in [-0.3, -0.25) is 11.3 Å². The first-order valence-electron chi connectivity index (χ1n) is 6.47. The Balaban J connectivity index is 3.12. The highest BCUT2D eigenvalue weighted by molar-refractivity contribution is 5.54. The molecule has 0 aromatic heterocycles. The quantitative estimate of drug-likeness (QED) is 0.560. The van der Waals surface area contributed by atoms with E-state index in [2.05, 4.69) is 12.3 Å². The zero-order valence-corrected chi connectivity index (χ0v) is 12.2. The van der Waals surface area contributed by atoms with Gasteiger partial charge in [-0.2, -0.15) is 0 Å². The van der Waals surface area contributed by atoms with Crippen LogP contribution in [0.15, 0.2) is 12.1 Å². The molecular formula is C14H24N2O3. The number of hydrazine groups is 1.